The van der Waals surface area contributed by atoms with Gasteiger partial charge in [0.1, 0.15) is 0 Å². The predicted molar refractivity (Wildman–Crippen MR) is 73.5 cm³/mol. The first-order chi connectivity index (χ1) is 8.19. The van der Waals surface area contributed by atoms with Crippen molar-refractivity contribution in [3.8, 4) is 0 Å². The molecule has 3 heteroatoms. The third kappa shape index (κ3) is 3.44. The van der Waals surface area contributed by atoms with Gasteiger partial charge in [-0.25, -0.2) is 0 Å². The molecule has 0 aliphatic carbocycles. The van der Waals surface area contributed by atoms with Gasteiger partial charge in [0.2, 0.25) is 0 Å². The summed E-state index contributed by atoms with van der Waals surface area (Å²) in [5.41, 5.74) is 2.69. The van der Waals surface area contributed by atoms with Crippen molar-refractivity contribution in [2.45, 2.75) is 32.4 Å². The molecule has 0 aromatic heterocycles. The summed E-state index contributed by atoms with van der Waals surface area (Å²) in [5, 5.41) is 4.21. The van der Waals surface area contributed by atoms with Crippen molar-refractivity contribution >= 4 is 11.6 Å². The average Bonchev–Trinajstić information content (AvgIpc) is 2.33. The first-order valence-corrected chi connectivity index (χ1v) is 6.71. The highest BCUT2D eigenvalue weighted by Crippen LogP contribution is 2.19. The molecule has 0 saturated carbocycles. The van der Waals surface area contributed by atoms with Gasteiger partial charge in [-0.1, -0.05) is 17.7 Å². The van der Waals surface area contributed by atoms with Crippen LogP contribution in [0, 0.1) is 6.92 Å². The molecule has 17 heavy (non-hydrogen) atoms. The third-order valence-corrected chi connectivity index (χ3v) is 3.85. The van der Waals surface area contributed by atoms with Crippen molar-refractivity contribution in [3.05, 3.63) is 34.3 Å². The quantitative estimate of drug-likeness (QED) is 0.890. The van der Waals surface area contributed by atoms with Crippen molar-refractivity contribution in [2.75, 3.05) is 20.1 Å². The average molecular weight is 253 g/mol. The number of rotatable bonds is 3. The standard InChI is InChI=1S/C14H21ClN2/c1-11-8-13(15)6-5-12(11)9-17-7-3-4-14(10-17)16-2/h5-6,8,14,16H,3-4,7,9-10H2,1-2H3. The molecule has 2 nitrogen and oxygen atoms in total. The van der Waals surface area contributed by atoms with E-state index in [-0.39, 0.29) is 0 Å². The smallest absolute Gasteiger partial charge is 0.0408 e. The fourth-order valence-electron chi connectivity index (χ4n) is 2.51. The van der Waals surface area contributed by atoms with Gasteiger partial charge < -0.3 is 5.32 Å². The van der Waals surface area contributed by atoms with Crippen LogP contribution < -0.4 is 5.32 Å². The molecule has 1 N–H and O–H groups in total. The van der Waals surface area contributed by atoms with Gasteiger partial charge in [0, 0.05) is 24.2 Å². The SMILES string of the molecule is CNC1CCCN(Cc2ccc(Cl)cc2C)C1. The highest BCUT2D eigenvalue weighted by atomic mass is 35.5. The molecule has 1 unspecified atom stereocenters. The number of benzene rings is 1. The molecule has 1 saturated heterocycles. The molecule has 1 aromatic carbocycles. The highest BCUT2D eigenvalue weighted by Gasteiger charge is 2.18. The Bertz CT molecular complexity index is 378. The molecule has 1 aliphatic rings. The minimum Gasteiger partial charge on any atom is -0.316 e. The third-order valence-electron chi connectivity index (χ3n) is 3.61. The van der Waals surface area contributed by atoms with Crippen molar-refractivity contribution in [1.29, 1.82) is 0 Å². The van der Waals surface area contributed by atoms with Gasteiger partial charge in [-0.15, -0.1) is 0 Å². The molecule has 94 valence electrons. The van der Waals surface area contributed by atoms with Gasteiger partial charge in [-0.3, -0.25) is 4.90 Å². The number of piperidine rings is 1. The largest absolute Gasteiger partial charge is 0.316 e. The van der Waals surface area contributed by atoms with E-state index in [0.717, 1.165) is 18.1 Å². The predicted octanol–water partition coefficient (Wildman–Crippen LogP) is 2.83. The number of hydrogen-bond acceptors (Lipinski definition) is 2. The summed E-state index contributed by atoms with van der Waals surface area (Å²) in [6.07, 6.45) is 2.59. The summed E-state index contributed by atoms with van der Waals surface area (Å²) in [5.74, 6) is 0. The molecular formula is C14H21ClN2. The Kier molecular flexibility index (Phi) is 4.43. The molecule has 2 rings (SSSR count). The maximum atomic E-state index is 5.98. The van der Waals surface area contributed by atoms with Crippen LogP contribution >= 0.6 is 11.6 Å². The number of likely N-dealkylation sites (N-methyl/N-ethyl adjacent to an activating group) is 1. The zero-order valence-corrected chi connectivity index (χ0v) is 11.4. The first-order valence-electron chi connectivity index (χ1n) is 6.33. The topological polar surface area (TPSA) is 15.3 Å². The maximum Gasteiger partial charge on any atom is 0.0408 e. The van der Waals surface area contributed by atoms with Gasteiger partial charge in [-0.2, -0.15) is 0 Å². The van der Waals surface area contributed by atoms with Crippen LogP contribution in [-0.4, -0.2) is 31.1 Å². The zero-order valence-electron chi connectivity index (χ0n) is 10.7. The number of nitrogens with one attached hydrogen (secondary N) is 1. The lowest BCUT2D eigenvalue weighted by Gasteiger charge is -2.32. The van der Waals surface area contributed by atoms with Crippen LogP contribution in [-0.2, 0) is 6.54 Å². The second-order valence-electron chi connectivity index (χ2n) is 4.93. The second kappa shape index (κ2) is 5.85. The van der Waals surface area contributed by atoms with Crippen molar-refractivity contribution in [3.63, 3.8) is 0 Å². The highest BCUT2D eigenvalue weighted by molar-refractivity contribution is 6.30. The number of hydrogen-bond donors (Lipinski definition) is 1. The summed E-state index contributed by atoms with van der Waals surface area (Å²) in [6.45, 7) is 5.54. The molecule has 0 bridgehead atoms. The number of halogens is 1. The molecule has 1 atom stereocenters. The van der Waals surface area contributed by atoms with Crippen LogP contribution in [0.5, 0.6) is 0 Å². The van der Waals surface area contributed by atoms with Crippen molar-refractivity contribution in [1.82, 2.24) is 10.2 Å². The molecule has 0 amide bonds. The van der Waals surface area contributed by atoms with Crippen molar-refractivity contribution < 1.29 is 0 Å². The Labute approximate surface area is 109 Å². The normalized spacial score (nSPS) is 21.7. The van der Waals surface area contributed by atoms with E-state index in [1.54, 1.807) is 0 Å². The Balaban J connectivity index is 2.00. The van der Waals surface area contributed by atoms with Crippen LogP contribution in [0.25, 0.3) is 0 Å². The number of aryl methyl sites for hydroxylation is 1. The summed E-state index contributed by atoms with van der Waals surface area (Å²) < 4.78 is 0. The summed E-state index contributed by atoms with van der Waals surface area (Å²) in [7, 11) is 2.06. The molecule has 0 spiro atoms. The molecule has 1 heterocycles. The fourth-order valence-corrected chi connectivity index (χ4v) is 2.74. The van der Waals surface area contributed by atoms with E-state index in [1.807, 2.05) is 6.07 Å². The molecule has 1 fully saturated rings. The summed E-state index contributed by atoms with van der Waals surface area (Å²) in [4.78, 5) is 2.53. The number of likely N-dealkylation sites (tertiary alicyclic amines) is 1. The molecule has 1 aliphatic heterocycles. The molecule has 0 radical (unpaired) electrons. The minimum absolute atomic E-state index is 0.649. The van der Waals surface area contributed by atoms with Crippen molar-refractivity contribution in [2.24, 2.45) is 0 Å². The van der Waals surface area contributed by atoms with Crippen LogP contribution in [0.15, 0.2) is 18.2 Å². The van der Waals surface area contributed by atoms with E-state index in [0.29, 0.717) is 6.04 Å². The van der Waals surface area contributed by atoms with Crippen LogP contribution in [0.2, 0.25) is 5.02 Å². The lowest BCUT2D eigenvalue weighted by molar-refractivity contribution is 0.187. The Morgan fingerprint density at radius 1 is 1.47 bits per heavy atom. The zero-order chi connectivity index (χ0) is 12.3. The van der Waals surface area contributed by atoms with Gasteiger partial charge >= 0.3 is 0 Å². The van der Waals surface area contributed by atoms with E-state index in [1.165, 1.54) is 30.5 Å². The van der Waals surface area contributed by atoms with Crippen LogP contribution in [0.4, 0.5) is 0 Å². The van der Waals surface area contributed by atoms with Gasteiger partial charge in [0.25, 0.3) is 0 Å². The first kappa shape index (κ1) is 12.9. The monoisotopic (exact) mass is 252 g/mol. The summed E-state index contributed by atoms with van der Waals surface area (Å²) in [6, 6.07) is 6.84. The van der Waals surface area contributed by atoms with E-state index in [9.17, 15) is 0 Å². The van der Waals surface area contributed by atoms with Gasteiger partial charge in [0.15, 0.2) is 0 Å². The van der Waals surface area contributed by atoms with E-state index < -0.39 is 0 Å². The Hall–Kier alpha value is -0.570. The van der Waals surface area contributed by atoms with Gasteiger partial charge in [0.05, 0.1) is 0 Å². The maximum absolute atomic E-state index is 5.98. The van der Waals surface area contributed by atoms with Crippen LogP contribution in [0.1, 0.15) is 24.0 Å². The fraction of sp³-hybridized carbons (Fsp3) is 0.571. The van der Waals surface area contributed by atoms with E-state index in [4.69, 9.17) is 11.6 Å². The Morgan fingerprint density at radius 3 is 3.00 bits per heavy atom. The van der Waals surface area contributed by atoms with Crippen LogP contribution in [0.3, 0.4) is 0 Å². The van der Waals surface area contributed by atoms with E-state index >= 15 is 0 Å². The molecular weight excluding hydrogens is 232 g/mol. The lowest BCUT2D eigenvalue weighted by atomic mass is 10.0. The van der Waals surface area contributed by atoms with E-state index in [2.05, 4.69) is 36.3 Å². The second-order valence-corrected chi connectivity index (χ2v) is 5.37. The minimum atomic E-state index is 0.649. The van der Waals surface area contributed by atoms with Gasteiger partial charge in [-0.05, 0) is 56.6 Å². The summed E-state index contributed by atoms with van der Waals surface area (Å²) >= 11 is 5.98. The molecule has 1 aromatic rings. The lowest BCUT2D eigenvalue weighted by Crippen LogP contribution is -2.43. The Morgan fingerprint density at radius 2 is 2.29 bits per heavy atom. The number of nitrogens with zero attached hydrogens (tertiary/aromatic N) is 1.